The van der Waals surface area contributed by atoms with Gasteiger partial charge >= 0.3 is 13.7 Å². The number of aliphatic hydroxyl groups is 2. The van der Waals surface area contributed by atoms with Crippen molar-refractivity contribution in [3.8, 4) is 5.75 Å². The van der Waals surface area contributed by atoms with Gasteiger partial charge in [-0.15, -0.1) is 5.73 Å². The zero-order chi connectivity index (χ0) is 29.0. The quantitative estimate of drug-likeness (QED) is 0.176. The van der Waals surface area contributed by atoms with E-state index in [9.17, 15) is 24.4 Å². The van der Waals surface area contributed by atoms with Crippen molar-refractivity contribution in [3.63, 3.8) is 0 Å². The van der Waals surface area contributed by atoms with Crippen LogP contribution < -0.4 is 14.9 Å². The zero-order valence-electron chi connectivity index (χ0n) is 21.6. The lowest BCUT2D eigenvalue weighted by molar-refractivity contribution is -0.206. The van der Waals surface area contributed by atoms with E-state index in [1.54, 1.807) is 32.0 Å². The summed E-state index contributed by atoms with van der Waals surface area (Å²) in [7, 11) is -4.55. The van der Waals surface area contributed by atoms with E-state index in [4.69, 9.17) is 18.5 Å². The van der Waals surface area contributed by atoms with Gasteiger partial charge in [0.05, 0.1) is 6.10 Å². The molecule has 0 aliphatic carbocycles. The lowest BCUT2D eigenvalue weighted by atomic mass is 9.92. The standard InChI is InChI=1S/C25H31FN3O9P/c1-6-13-24(33)22(32)25(26,37-23(24)29-14-12-20(30)27-18(29)5)15-35-39(34,38-19-10-8-7-9-11-19)28-17(4)21(31)36-16(2)3/h7-14,16-17,22-23,32-33H,1,5,15H2,2-4H3,(H,27,30)(H,28,34)/t17-,22-,23+,24+,25+,39-/m0/s1. The zero-order valence-corrected chi connectivity index (χ0v) is 22.5. The average Bonchev–Trinajstić information content (AvgIpc) is 3.05. The highest BCUT2D eigenvalue weighted by atomic mass is 31.2. The summed E-state index contributed by atoms with van der Waals surface area (Å²) in [6.07, 6.45) is -1.38. The number of para-hydroxylation sites is 1. The number of nitrogens with zero attached hydrogens (tertiary/aromatic N) is 1. The van der Waals surface area contributed by atoms with Crippen molar-refractivity contribution in [3.05, 3.63) is 73.4 Å². The monoisotopic (exact) mass is 567 g/mol. The van der Waals surface area contributed by atoms with E-state index in [2.05, 4.69) is 29.3 Å². The van der Waals surface area contributed by atoms with Crippen LogP contribution >= 0.6 is 7.75 Å². The van der Waals surface area contributed by atoms with Crippen LogP contribution in [0.25, 0.3) is 0 Å². The highest BCUT2D eigenvalue weighted by Gasteiger charge is 2.66. The van der Waals surface area contributed by atoms with E-state index in [0.29, 0.717) is 0 Å². The topological polar surface area (TPSA) is 156 Å². The summed E-state index contributed by atoms with van der Waals surface area (Å²) in [6.45, 7) is 10.3. The van der Waals surface area contributed by atoms with Gasteiger partial charge in [-0.1, -0.05) is 31.4 Å². The largest absolute Gasteiger partial charge is 0.462 e. The first kappa shape index (κ1) is 30.3. The third-order valence-corrected chi connectivity index (χ3v) is 7.18. The molecule has 2 heterocycles. The predicted octanol–water partition coefficient (Wildman–Crippen LogP) is 1.99. The Kier molecular flexibility index (Phi) is 9.20. The van der Waals surface area contributed by atoms with Gasteiger partial charge in [0.25, 0.3) is 11.8 Å². The maximum Gasteiger partial charge on any atom is 0.459 e. The highest BCUT2D eigenvalue weighted by molar-refractivity contribution is 7.52. The number of alkyl halides is 1. The number of carbonyl (C=O) groups is 2. The summed E-state index contributed by atoms with van der Waals surface area (Å²) >= 11 is 0. The molecule has 2 aliphatic heterocycles. The molecular formula is C25H31FN3O9P. The van der Waals surface area contributed by atoms with Crippen LogP contribution in [-0.2, 0) is 28.2 Å². The third-order valence-electron chi connectivity index (χ3n) is 5.56. The summed E-state index contributed by atoms with van der Waals surface area (Å²) in [5, 5.41) is 26.9. The molecule has 0 radical (unpaired) electrons. The van der Waals surface area contributed by atoms with E-state index in [0.717, 1.165) is 17.1 Å². The Balaban J connectivity index is 1.89. The molecule has 212 valence electrons. The van der Waals surface area contributed by atoms with Crippen LogP contribution in [0.2, 0.25) is 0 Å². The molecule has 1 saturated heterocycles. The van der Waals surface area contributed by atoms with E-state index < -0.39 is 62.2 Å². The number of halogens is 1. The number of rotatable bonds is 11. The van der Waals surface area contributed by atoms with E-state index in [1.165, 1.54) is 25.3 Å². The normalized spacial score (nSPS) is 28.8. The van der Waals surface area contributed by atoms with Gasteiger partial charge in [-0.25, -0.2) is 8.96 Å². The summed E-state index contributed by atoms with van der Waals surface area (Å²) in [6, 6.07) is 6.53. The molecule has 2 aliphatic rings. The summed E-state index contributed by atoms with van der Waals surface area (Å²) < 4.78 is 51.2. The van der Waals surface area contributed by atoms with Gasteiger partial charge in [0, 0.05) is 12.3 Å². The number of benzene rings is 1. The third kappa shape index (κ3) is 6.84. The second-order valence-corrected chi connectivity index (χ2v) is 10.8. The maximum absolute atomic E-state index is 16.2. The molecule has 1 aromatic rings. The minimum Gasteiger partial charge on any atom is -0.462 e. The van der Waals surface area contributed by atoms with Gasteiger partial charge in [0.1, 0.15) is 24.2 Å². The fourth-order valence-corrected chi connectivity index (χ4v) is 5.25. The fraction of sp³-hybridized carbons (Fsp3) is 0.400. The summed E-state index contributed by atoms with van der Waals surface area (Å²) in [5.41, 5.74) is -0.198. The number of hydrogen-bond acceptors (Lipinski definition) is 10. The first-order valence-corrected chi connectivity index (χ1v) is 13.4. The van der Waals surface area contributed by atoms with Crippen LogP contribution in [0.5, 0.6) is 5.75 Å². The van der Waals surface area contributed by atoms with Crippen molar-refractivity contribution >= 4 is 19.6 Å². The molecule has 14 heteroatoms. The minimum absolute atomic E-state index is 0.0630. The molecule has 0 bridgehead atoms. The van der Waals surface area contributed by atoms with Crippen molar-refractivity contribution in [2.75, 3.05) is 6.61 Å². The number of amides is 1. The van der Waals surface area contributed by atoms with Crippen molar-refractivity contribution in [2.24, 2.45) is 0 Å². The fourth-order valence-electron chi connectivity index (χ4n) is 3.74. The maximum atomic E-state index is 16.2. The molecule has 4 N–H and O–H groups in total. The number of esters is 1. The van der Waals surface area contributed by atoms with Gasteiger partial charge in [-0.05, 0) is 39.0 Å². The van der Waals surface area contributed by atoms with Gasteiger partial charge in [0.2, 0.25) is 0 Å². The Morgan fingerprint density at radius 1 is 1.38 bits per heavy atom. The Bertz CT molecular complexity index is 1220. The van der Waals surface area contributed by atoms with Gasteiger partial charge < -0.3 is 34.4 Å². The number of nitrogens with one attached hydrogen (secondary N) is 2. The molecule has 1 fully saturated rings. The van der Waals surface area contributed by atoms with Crippen molar-refractivity contribution in [1.29, 1.82) is 0 Å². The lowest BCUT2D eigenvalue weighted by Crippen LogP contribution is -2.55. The summed E-state index contributed by atoms with van der Waals surface area (Å²) in [4.78, 5) is 25.0. The van der Waals surface area contributed by atoms with E-state index in [1.807, 2.05) is 0 Å². The molecule has 6 atom stereocenters. The Morgan fingerprint density at radius 3 is 2.64 bits per heavy atom. The van der Waals surface area contributed by atoms with Crippen LogP contribution in [0.1, 0.15) is 20.8 Å². The molecule has 0 unspecified atom stereocenters. The molecule has 39 heavy (non-hydrogen) atoms. The number of aliphatic hydroxyl groups excluding tert-OH is 1. The molecule has 0 spiro atoms. The molecule has 0 saturated carbocycles. The van der Waals surface area contributed by atoms with Crippen molar-refractivity contribution in [1.82, 2.24) is 15.3 Å². The molecule has 1 aromatic carbocycles. The Hall–Kier alpha value is -3.28. The first-order chi connectivity index (χ1) is 18.2. The Morgan fingerprint density at radius 2 is 2.05 bits per heavy atom. The average molecular weight is 568 g/mol. The first-order valence-electron chi connectivity index (χ1n) is 11.8. The van der Waals surface area contributed by atoms with Gasteiger partial charge in [0.15, 0.2) is 17.9 Å². The van der Waals surface area contributed by atoms with Gasteiger partial charge in [-0.3, -0.25) is 14.1 Å². The second-order valence-electron chi connectivity index (χ2n) is 9.07. The lowest BCUT2D eigenvalue weighted by Gasteiger charge is -2.36. The smallest absolute Gasteiger partial charge is 0.459 e. The molecule has 12 nitrogen and oxygen atoms in total. The molecule has 3 rings (SSSR count). The van der Waals surface area contributed by atoms with Crippen LogP contribution in [0.15, 0.2) is 73.4 Å². The SMILES string of the molecule is C=C=C[C@]1(O)[C@H](N2C=CC(=O)NC2=C)O[C@](F)(CO[P@@](=O)(N[C@@H](C)C(=O)OC(C)C)Oc2ccccc2)[C@H]1O. The highest BCUT2D eigenvalue weighted by Crippen LogP contribution is 2.49. The summed E-state index contributed by atoms with van der Waals surface area (Å²) in [5.74, 6) is -4.52. The molecule has 1 amide bonds. The Labute approximate surface area is 225 Å². The van der Waals surface area contributed by atoms with Crippen LogP contribution in [0.3, 0.4) is 0 Å². The molecular weight excluding hydrogens is 536 g/mol. The van der Waals surface area contributed by atoms with Gasteiger partial charge in [-0.2, -0.15) is 5.09 Å². The van der Waals surface area contributed by atoms with Crippen molar-refractivity contribution < 1.29 is 47.3 Å². The van der Waals surface area contributed by atoms with Crippen LogP contribution in [-0.4, -0.2) is 69.5 Å². The van der Waals surface area contributed by atoms with Crippen LogP contribution in [0.4, 0.5) is 4.39 Å². The molecule has 0 aromatic heterocycles. The predicted molar refractivity (Wildman–Crippen MR) is 136 cm³/mol. The number of ether oxygens (including phenoxy) is 2. The second kappa shape index (κ2) is 11.8. The number of carbonyl (C=O) groups excluding carboxylic acids is 2. The van der Waals surface area contributed by atoms with Crippen LogP contribution in [0, 0.1) is 0 Å². The van der Waals surface area contributed by atoms with E-state index >= 15 is 4.39 Å². The van der Waals surface area contributed by atoms with Crippen molar-refractivity contribution in [2.45, 2.75) is 56.7 Å². The van der Waals surface area contributed by atoms with E-state index in [-0.39, 0.29) is 11.6 Å². The number of hydrogen-bond donors (Lipinski definition) is 4. The minimum atomic E-state index is -4.55.